The van der Waals surface area contributed by atoms with E-state index < -0.39 is 6.04 Å². The lowest BCUT2D eigenvalue weighted by Crippen LogP contribution is -2.56. The van der Waals surface area contributed by atoms with Crippen LogP contribution in [0.1, 0.15) is 33.6 Å². The molecule has 148 valence electrons. The molecule has 8 heteroatoms. The Kier molecular flexibility index (Phi) is 7.40. The van der Waals surface area contributed by atoms with Gasteiger partial charge in [-0.05, 0) is 25.7 Å². The fourth-order valence-corrected chi connectivity index (χ4v) is 3.41. The van der Waals surface area contributed by atoms with E-state index >= 15 is 0 Å². The summed E-state index contributed by atoms with van der Waals surface area (Å²) in [7, 11) is 0. The third kappa shape index (κ3) is 5.17. The SMILES string of the molecule is CC(C)[C@H](N)C(=O)NCC(=O)N1CCN(C(C)C(=O)N2CCCC2)CC1. The number of hydrogen-bond donors (Lipinski definition) is 2. The third-order valence-electron chi connectivity index (χ3n) is 5.42. The first-order chi connectivity index (χ1) is 12.3. The van der Waals surface area contributed by atoms with Crippen molar-refractivity contribution in [3.63, 3.8) is 0 Å². The topological polar surface area (TPSA) is 99.0 Å². The van der Waals surface area contributed by atoms with Crippen molar-refractivity contribution in [2.75, 3.05) is 45.8 Å². The summed E-state index contributed by atoms with van der Waals surface area (Å²) in [5.41, 5.74) is 5.78. The molecule has 0 aromatic heterocycles. The van der Waals surface area contributed by atoms with Crippen molar-refractivity contribution in [3.05, 3.63) is 0 Å². The van der Waals surface area contributed by atoms with E-state index in [1.165, 1.54) is 0 Å². The van der Waals surface area contributed by atoms with Crippen molar-refractivity contribution < 1.29 is 14.4 Å². The van der Waals surface area contributed by atoms with Crippen LogP contribution in [0.15, 0.2) is 0 Å². The molecule has 3 amide bonds. The van der Waals surface area contributed by atoms with Crippen LogP contribution < -0.4 is 11.1 Å². The summed E-state index contributed by atoms with van der Waals surface area (Å²) < 4.78 is 0. The average molecular weight is 367 g/mol. The van der Waals surface area contributed by atoms with Gasteiger partial charge in [0.1, 0.15) is 0 Å². The van der Waals surface area contributed by atoms with E-state index in [4.69, 9.17) is 5.73 Å². The maximum Gasteiger partial charge on any atom is 0.242 e. The van der Waals surface area contributed by atoms with Gasteiger partial charge < -0.3 is 20.9 Å². The lowest BCUT2D eigenvalue weighted by Gasteiger charge is -2.38. The number of amides is 3. The summed E-state index contributed by atoms with van der Waals surface area (Å²) in [5, 5.41) is 2.62. The maximum absolute atomic E-state index is 12.5. The molecule has 26 heavy (non-hydrogen) atoms. The van der Waals surface area contributed by atoms with Gasteiger partial charge in [-0.1, -0.05) is 13.8 Å². The van der Waals surface area contributed by atoms with Gasteiger partial charge in [-0.15, -0.1) is 0 Å². The summed E-state index contributed by atoms with van der Waals surface area (Å²) in [6.07, 6.45) is 2.18. The Morgan fingerprint density at radius 1 is 0.923 bits per heavy atom. The normalized spacial score (nSPS) is 21.0. The molecule has 0 spiro atoms. The highest BCUT2D eigenvalue weighted by atomic mass is 16.2. The summed E-state index contributed by atoms with van der Waals surface area (Å²) in [4.78, 5) is 42.5. The summed E-state index contributed by atoms with van der Waals surface area (Å²) in [6, 6.07) is -0.744. The van der Waals surface area contributed by atoms with Crippen molar-refractivity contribution in [2.24, 2.45) is 11.7 Å². The van der Waals surface area contributed by atoms with Gasteiger partial charge in [0.15, 0.2) is 0 Å². The number of carbonyl (C=O) groups is 3. The number of nitrogens with zero attached hydrogens (tertiary/aromatic N) is 3. The van der Waals surface area contributed by atoms with E-state index in [9.17, 15) is 14.4 Å². The molecule has 2 atom stereocenters. The Labute approximate surface area is 156 Å². The van der Waals surface area contributed by atoms with Crippen LogP contribution in [0.5, 0.6) is 0 Å². The monoisotopic (exact) mass is 367 g/mol. The van der Waals surface area contributed by atoms with Crippen LogP contribution in [0.2, 0.25) is 0 Å². The molecular weight excluding hydrogens is 334 g/mol. The highest BCUT2D eigenvalue weighted by Crippen LogP contribution is 2.14. The van der Waals surface area contributed by atoms with E-state index in [0.717, 1.165) is 25.9 Å². The van der Waals surface area contributed by atoms with Crippen LogP contribution in [-0.4, -0.2) is 90.3 Å². The largest absolute Gasteiger partial charge is 0.346 e. The van der Waals surface area contributed by atoms with Gasteiger partial charge in [0.05, 0.1) is 18.6 Å². The standard InChI is InChI=1S/C18H33N5O3/c1-13(2)16(19)17(25)20-12-15(24)22-10-8-21(9-11-22)14(3)18(26)23-6-4-5-7-23/h13-14,16H,4-12,19H2,1-3H3,(H,20,25)/t14?,16-/m0/s1. The third-order valence-corrected chi connectivity index (χ3v) is 5.42. The summed E-state index contributed by atoms with van der Waals surface area (Å²) in [6.45, 7) is 9.88. The molecular formula is C18H33N5O3. The second-order valence-corrected chi connectivity index (χ2v) is 7.61. The molecule has 3 N–H and O–H groups in total. The molecule has 2 fully saturated rings. The molecule has 0 saturated carbocycles. The van der Waals surface area contributed by atoms with Crippen LogP contribution in [-0.2, 0) is 14.4 Å². The highest BCUT2D eigenvalue weighted by molar-refractivity contribution is 5.87. The molecule has 8 nitrogen and oxygen atoms in total. The van der Waals surface area contributed by atoms with Crippen molar-refractivity contribution in [2.45, 2.75) is 45.7 Å². The lowest BCUT2D eigenvalue weighted by atomic mass is 10.1. The van der Waals surface area contributed by atoms with Gasteiger partial charge in [-0.3, -0.25) is 19.3 Å². The molecule has 1 unspecified atom stereocenters. The van der Waals surface area contributed by atoms with Crippen molar-refractivity contribution in [3.8, 4) is 0 Å². The number of carbonyl (C=O) groups excluding carboxylic acids is 3. The van der Waals surface area contributed by atoms with Gasteiger partial charge in [0.25, 0.3) is 0 Å². The number of nitrogens with one attached hydrogen (secondary N) is 1. The molecule has 0 radical (unpaired) electrons. The molecule has 2 rings (SSSR count). The minimum atomic E-state index is -0.600. The number of rotatable bonds is 6. The maximum atomic E-state index is 12.5. The predicted octanol–water partition coefficient (Wildman–Crippen LogP) is -0.759. The Balaban J connectivity index is 1.74. The molecule has 2 aliphatic rings. The summed E-state index contributed by atoms with van der Waals surface area (Å²) in [5.74, 6) is -0.176. The quantitative estimate of drug-likeness (QED) is 0.643. The molecule has 0 aromatic carbocycles. The van der Waals surface area contributed by atoms with Crippen LogP contribution in [0.4, 0.5) is 0 Å². The Morgan fingerprint density at radius 3 is 2.04 bits per heavy atom. The molecule has 0 bridgehead atoms. The van der Waals surface area contributed by atoms with Crippen molar-refractivity contribution in [1.82, 2.24) is 20.0 Å². The zero-order valence-electron chi connectivity index (χ0n) is 16.2. The van der Waals surface area contributed by atoms with Gasteiger partial charge in [-0.25, -0.2) is 0 Å². The minimum Gasteiger partial charge on any atom is -0.346 e. The molecule has 2 aliphatic heterocycles. The van der Waals surface area contributed by atoms with Crippen LogP contribution in [0, 0.1) is 5.92 Å². The Hall–Kier alpha value is -1.67. The lowest BCUT2D eigenvalue weighted by molar-refractivity contribution is -0.138. The van der Waals surface area contributed by atoms with E-state index in [2.05, 4.69) is 10.2 Å². The number of likely N-dealkylation sites (tertiary alicyclic amines) is 1. The Bertz CT molecular complexity index is 511. The number of nitrogens with two attached hydrogens (primary N) is 1. The van der Waals surface area contributed by atoms with E-state index in [1.54, 1.807) is 4.90 Å². The fraction of sp³-hybridized carbons (Fsp3) is 0.833. The van der Waals surface area contributed by atoms with Crippen molar-refractivity contribution in [1.29, 1.82) is 0 Å². The first-order valence-electron chi connectivity index (χ1n) is 9.65. The van der Waals surface area contributed by atoms with E-state index in [1.807, 2.05) is 25.7 Å². The van der Waals surface area contributed by atoms with Crippen LogP contribution in [0.3, 0.4) is 0 Å². The molecule has 0 aliphatic carbocycles. The van der Waals surface area contributed by atoms with Crippen molar-refractivity contribution >= 4 is 17.7 Å². The molecule has 2 heterocycles. The Morgan fingerprint density at radius 2 is 1.50 bits per heavy atom. The molecule has 0 aromatic rings. The van der Waals surface area contributed by atoms with Gasteiger partial charge in [0, 0.05) is 39.3 Å². The zero-order chi connectivity index (χ0) is 19.3. The van der Waals surface area contributed by atoms with Gasteiger partial charge in [0.2, 0.25) is 17.7 Å². The first-order valence-corrected chi connectivity index (χ1v) is 9.65. The second-order valence-electron chi connectivity index (χ2n) is 7.61. The fourth-order valence-electron chi connectivity index (χ4n) is 3.41. The first kappa shape index (κ1) is 20.6. The predicted molar refractivity (Wildman–Crippen MR) is 99.3 cm³/mol. The zero-order valence-corrected chi connectivity index (χ0v) is 16.2. The van der Waals surface area contributed by atoms with E-state index in [0.29, 0.717) is 26.2 Å². The average Bonchev–Trinajstić information content (AvgIpc) is 3.18. The van der Waals surface area contributed by atoms with Gasteiger partial charge in [-0.2, -0.15) is 0 Å². The van der Waals surface area contributed by atoms with E-state index in [-0.39, 0.29) is 36.2 Å². The summed E-state index contributed by atoms with van der Waals surface area (Å²) >= 11 is 0. The number of hydrogen-bond acceptors (Lipinski definition) is 5. The highest BCUT2D eigenvalue weighted by Gasteiger charge is 2.31. The second kappa shape index (κ2) is 9.32. The number of piperazine rings is 1. The minimum absolute atomic E-state index is 0.0263. The van der Waals surface area contributed by atoms with Gasteiger partial charge >= 0.3 is 0 Å². The smallest absolute Gasteiger partial charge is 0.242 e. The van der Waals surface area contributed by atoms with Crippen LogP contribution >= 0.6 is 0 Å². The van der Waals surface area contributed by atoms with Crippen LogP contribution in [0.25, 0.3) is 0 Å². The molecule has 2 saturated heterocycles.